The molecule has 0 aromatic rings. The van der Waals surface area contributed by atoms with E-state index in [1.165, 1.54) is 11.8 Å². The van der Waals surface area contributed by atoms with Crippen molar-refractivity contribution in [3.63, 3.8) is 0 Å². The summed E-state index contributed by atoms with van der Waals surface area (Å²) in [6.45, 7) is 2.89. The van der Waals surface area contributed by atoms with Crippen LogP contribution in [0.25, 0.3) is 0 Å². The minimum Gasteiger partial charge on any atom is -0.395 e. The highest BCUT2D eigenvalue weighted by atomic mass is 32.2. The number of thioether (sulfide) groups is 1. The van der Waals surface area contributed by atoms with E-state index in [1.807, 2.05) is 0 Å². The van der Waals surface area contributed by atoms with E-state index in [2.05, 4.69) is 0 Å². The van der Waals surface area contributed by atoms with Gasteiger partial charge < -0.3 is 19.6 Å². The number of carbonyl (C=O) groups excluding carboxylic acids is 2. The number of aliphatic hydroxyl groups is 1. The van der Waals surface area contributed by atoms with Crippen molar-refractivity contribution in [3.8, 4) is 0 Å². The van der Waals surface area contributed by atoms with Crippen LogP contribution in [0.5, 0.6) is 0 Å². The predicted molar refractivity (Wildman–Crippen MR) is 76.5 cm³/mol. The van der Waals surface area contributed by atoms with Crippen LogP contribution in [0.2, 0.25) is 0 Å². The Labute approximate surface area is 123 Å². The van der Waals surface area contributed by atoms with Crippen molar-refractivity contribution in [2.75, 3.05) is 51.0 Å². The second kappa shape index (κ2) is 7.85. The van der Waals surface area contributed by atoms with Gasteiger partial charge in [-0.3, -0.25) is 9.59 Å². The number of ether oxygens (including phenoxy) is 1. The summed E-state index contributed by atoms with van der Waals surface area (Å²) in [5.74, 6) is 0.753. The normalized spacial score (nSPS) is 18.9. The van der Waals surface area contributed by atoms with Crippen molar-refractivity contribution in [2.24, 2.45) is 0 Å². The van der Waals surface area contributed by atoms with Crippen LogP contribution in [0.1, 0.15) is 12.8 Å². The first-order valence-corrected chi connectivity index (χ1v) is 8.21. The Hall–Kier alpha value is -0.790. The third-order valence-corrected chi connectivity index (χ3v) is 4.37. The van der Waals surface area contributed by atoms with Crippen LogP contribution < -0.4 is 0 Å². The van der Waals surface area contributed by atoms with Crippen LogP contribution in [0.15, 0.2) is 0 Å². The topological polar surface area (TPSA) is 70.1 Å². The van der Waals surface area contributed by atoms with E-state index in [0.29, 0.717) is 50.4 Å². The molecule has 1 saturated carbocycles. The molecule has 7 heteroatoms. The lowest BCUT2D eigenvalue weighted by atomic mass is 10.4. The average Bonchev–Trinajstić information content (AvgIpc) is 3.30. The fourth-order valence-corrected chi connectivity index (χ4v) is 3.02. The number of rotatable bonds is 7. The van der Waals surface area contributed by atoms with Gasteiger partial charge in [-0.2, -0.15) is 0 Å². The van der Waals surface area contributed by atoms with Crippen LogP contribution in [0, 0.1) is 0 Å². The van der Waals surface area contributed by atoms with Gasteiger partial charge in [0.25, 0.3) is 0 Å². The highest BCUT2D eigenvalue weighted by Gasteiger charge is 2.31. The van der Waals surface area contributed by atoms with E-state index in [0.717, 1.165) is 12.8 Å². The third-order valence-electron chi connectivity index (χ3n) is 3.46. The fourth-order valence-electron chi connectivity index (χ4n) is 2.22. The van der Waals surface area contributed by atoms with Crippen molar-refractivity contribution < 1.29 is 19.4 Å². The van der Waals surface area contributed by atoms with Gasteiger partial charge in [-0.05, 0) is 12.8 Å². The number of nitrogens with zero attached hydrogens (tertiary/aromatic N) is 2. The monoisotopic (exact) mass is 302 g/mol. The maximum atomic E-state index is 12.0. The van der Waals surface area contributed by atoms with E-state index >= 15 is 0 Å². The summed E-state index contributed by atoms with van der Waals surface area (Å²) >= 11 is 1.36. The van der Waals surface area contributed by atoms with E-state index in [1.54, 1.807) is 9.80 Å². The van der Waals surface area contributed by atoms with Crippen LogP contribution in [0.4, 0.5) is 0 Å². The third kappa shape index (κ3) is 4.64. The van der Waals surface area contributed by atoms with Gasteiger partial charge in [0.1, 0.15) is 0 Å². The molecule has 2 rings (SSSR count). The number of hydrogen-bond donors (Lipinski definition) is 1. The molecule has 0 aromatic carbocycles. The molecule has 2 fully saturated rings. The quantitative estimate of drug-likeness (QED) is 0.690. The smallest absolute Gasteiger partial charge is 0.232 e. The first-order chi connectivity index (χ1) is 9.72. The van der Waals surface area contributed by atoms with E-state index in [4.69, 9.17) is 9.84 Å². The maximum Gasteiger partial charge on any atom is 0.232 e. The zero-order valence-electron chi connectivity index (χ0n) is 11.6. The van der Waals surface area contributed by atoms with Crippen molar-refractivity contribution in [1.82, 2.24) is 9.80 Å². The van der Waals surface area contributed by atoms with Crippen LogP contribution in [0.3, 0.4) is 0 Å². The molecule has 0 spiro atoms. The van der Waals surface area contributed by atoms with Crippen molar-refractivity contribution in [3.05, 3.63) is 0 Å². The second-order valence-corrected chi connectivity index (χ2v) is 6.01. The van der Waals surface area contributed by atoms with Gasteiger partial charge in [0.15, 0.2) is 0 Å². The van der Waals surface area contributed by atoms with E-state index in [-0.39, 0.29) is 18.4 Å². The first-order valence-electron chi connectivity index (χ1n) is 7.06. The largest absolute Gasteiger partial charge is 0.395 e. The van der Waals surface area contributed by atoms with Crippen molar-refractivity contribution >= 4 is 23.6 Å². The van der Waals surface area contributed by atoms with Gasteiger partial charge in [-0.25, -0.2) is 0 Å². The van der Waals surface area contributed by atoms with Gasteiger partial charge in [-0.15, -0.1) is 11.8 Å². The molecule has 2 aliphatic rings. The standard InChI is InChI=1S/C13H22N2O4S/c16-6-3-15(11-1-2-11)13(18)10-20-9-12(17)14-4-7-19-8-5-14/h11,16H,1-10H2. The molecule has 0 aromatic heterocycles. The van der Waals surface area contributed by atoms with Crippen LogP contribution in [-0.2, 0) is 14.3 Å². The summed E-state index contributed by atoms with van der Waals surface area (Å²) in [6, 6.07) is 0.310. The molecule has 0 atom stereocenters. The van der Waals surface area contributed by atoms with E-state index < -0.39 is 0 Å². The highest BCUT2D eigenvalue weighted by molar-refractivity contribution is 8.00. The van der Waals surface area contributed by atoms with Crippen LogP contribution >= 0.6 is 11.8 Å². The van der Waals surface area contributed by atoms with Gasteiger partial charge in [0.05, 0.1) is 31.3 Å². The molecule has 1 saturated heterocycles. The molecule has 1 N–H and O–H groups in total. The Balaban J connectivity index is 1.66. The summed E-state index contributed by atoms with van der Waals surface area (Å²) < 4.78 is 5.20. The Bertz CT molecular complexity index is 343. The molecule has 1 aliphatic heterocycles. The number of aliphatic hydroxyl groups excluding tert-OH is 1. The zero-order valence-corrected chi connectivity index (χ0v) is 12.4. The first kappa shape index (κ1) is 15.6. The second-order valence-electron chi connectivity index (χ2n) is 5.03. The Morgan fingerprint density at radius 2 is 1.95 bits per heavy atom. The van der Waals surface area contributed by atoms with Crippen LogP contribution in [-0.4, -0.2) is 83.7 Å². The number of amides is 2. The Morgan fingerprint density at radius 3 is 2.55 bits per heavy atom. The lowest BCUT2D eigenvalue weighted by Crippen LogP contribution is -2.42. The van der Waals surface area contributed by atoms with Gasteiger partial charge in [-0.1, -0.05) is 0 Å². The summed E-state index contributed by atoms with van der Waals surface area (Å²) in [7, 11) is 0. The molecule has 20 heavy (non-hydrogen) atoms. The summed E-state index contributed by atoms with van der Waals surface area (Å²) in [5.41, 5.74) is 0. The maximum absolute atomic E-state index is 12.0. The van der Waals surface area contributed by atoms with Gasteiger partial charge in [0.2, 0.25) is 11.8 Å². The summed E-state index contributed by atoms with van der Waals surface area (Å²) in [6.07, 6.45) is 2.06. The predicted octanol–water partition coefficient (Wildman–Crippen LogP) is -0.438. The fraction of sp³-hybridized carbons (Fsp3) is 0.846. The highest BCUT2D eigenvalue weighted by Crippen LogP contribution is 2.27. The zero-order chi connectivity index (χ0) is 14.4. The number of morpholine rings is 1. The van der Waals surface area contributed by atoms with Gasteiger partial charge >= 0.3 is 0 Å². The molecule has 0 radical (unpaired) electrons. The average molecular weight is 302 g/mol. The molecular formula is C13H22N2O4S. The lowest BCUT2D eigenvalue weighted by Gasteiger charge is -2.27. The molecule has 6 nitrogen and oxygen atoms in total. The molecule has 1 heterocycles. The van der Waals surface area contributed by atoms with Crippen molar-refractivity contribution in [1.29, 1.82) is 0 Å². The summed E-state index contributed by atoms with van der Waals surface area (Å²) in [4.78, 5) is 27.5. The molecule has 114 valence electrons. The number of hydrogen-bond acceptors (Lipinski definition) is 5. The van der Waals surface area contributed by atoms with E-state index in [9.17, 15) is 9.59 Å². The Morgan fingerprint density at radius 1 is 1.25 bits per heavy atom. The number of carbonyl (C=O) groups is 2. The minimum atomic E-state index is -0.000382. The van der Waals surface area contributed by atoms with Gasteiger partial charge in [0, 0.05) is 25.7 Å². The molecule has 0 unspecified atom stereocenters. The summed E-state index contributed by atoms with van der Waals surface area (Å²) in [5, 5.41) is 8.97. The minimum absolute atomic E-state index is 0.000382. The lowest BCUT2D eigenvalue weighted by molar-refractivity contribution is -0.132. The molecule has 2 amide bonds. The van der Waals surface area contributed by atoms with Crippen molar-refractivity contribution in [2.45, 2.75) is 18.9 Å². The molecule has 1 aliphatic carbocycles. The molecular weight excluding hydrogens is 280 g/mol. The Kier molecular flexibility index (Phi) is 6.12. The SMILES string of the molecule is O=C(CSCC(=O)N(CCO)C1CC1)N1CCOCC1. The molecule has 0 bridgehead atoms.